The molecule has 80 valence electrons. The number of hydrogen-bond acceptors (Lipinski definition) is 0. The minimum atomic E-state index is 0.246. The first-order chi connectivity index (χ1) is 7.29. The molecule has 0 fully saturated rings. The van der Waals surface area contributed by atoms with Crippen LogP contribution in [0.2, 0.25) is 0 Å². The van der Waals surface area contributed by atoms with E-state index in [-0.39, 0.29) is 5.38 Å². The molecule has 1 unspecified atom stereocenters. The third-order valence-corrected chi connectivity index (χ3v) is 3.28. The molecule has 0 nitrogen and oxygen atoms in total. The second kappa shape index (κ2) is 4.85. The van der Waals surface area contributed by atoms with Crippen LogP contribution < -0.4 is 0 Å². The maximum atomic E-state index is 6.06. The Bertz CT molecular complexity index is 348. The van der Waals surface area contributed by atoms with Gasteiger partial charge in [0.15, 0.2) is 0 Å². The van der Waals surface area contributed by atoms with Gasteiger partial charge in [-0.2, -0.15) is 0 Å². The fourth-order valence-electron chi connectivity index (χ4n) is 2.09. The molecule has 0 N–H and O–H groups in total. The summed E-state index contributed by atoms with van der Waals surface area (Å²) in [5.41, 5.74) is 4.19. The predicted octanol–water partition coefficient (Wildman–Crippen LogP) is 4.42. The zero-order valence-corrected chi connectivity index (χ0v) is 9.93. The third kappa shape index (κ3) is 2.63. The zero-order chi connectivity index (χ0) is 10.7. The summed E-state index contributed by atoms with van der Waals surface area (Å²) in [6.07, 6.45) is 6.80. The largest absolute Gasteiger partial charge is 0.118 e. The van der Waals surface area contributed by atoms with Crippen LogP contribution in [-0.4, -0.2) is 5.38 Å². The Morgan fingerprint density at radius 3 is 2.53 bits per heavy atom. The van der Waals surface area contributed by atoms with Gasteiger partial charge in [-0.3, -0.25) is 0 Å². The molecule has 1 aromatic carbocycles. The molecule has 0 aromatic heterocycles. The summed E-state index contributed by atoms with van der Waals surface area (Å²) in [5, 5.41) is 0.246. The van der Waals surface area contributed by atoms with Crippen molar-refractivity contribution in [1.82, 2.24) is 0 Å². The van der Waals surface area contributed by atoms with Crippen molar-refractivity contribution >= 4 is 17.2 Å². The topological polar surface area (TPSA) is 0 Å². The van der Waals surface area contributed by atoms with Crippen LogP contribution in [0.5, 0.6) is 0 Å². The van der Waals surface area contributed by atoms with Gasteiger partial charge in [-0.15, -0.1) is 11.6 Å². The number of rotatable bonds is 3. The molecule has 0 heterocycles. The van der Waals surface area contributed by atoms with Crippen molar-refractivity contribution in [2.75, 3.05) is 0 Å². The Hall–Kier alpha value is -0.750. The lowest BCUT2D eigenvalue weighted by Crippen LogP contribution is -1.85. The summed E-state index contributed by atoms with van der Waals surface area (Å²) >= 11 is 6.06. The van der Waals surface area contributed by atoms with E-state index in [1.807, 2.05) is 0 Å². The number of hydrogen-bond donors (Lipinski definition) is 0. The van der Waals surface area contributed by atoms with Gasteiger partial charge in [0.25, 0.3) is 0 Å². The first-order valence-corrected chi connectivity index (χ1v) is 6.17. The molecule has 1 aromatic rings. The van der Waals surface area contributed by atoms with Crippen LogP contribution in [0.25, 0.3) is 5.57 Å². The van der Waals surface area contributed by atoms with Crippen molar-refractivity contribution in [2.45, 2.75) is 38.0 Å². The second-order valence-electron chi connectivity index (χ2n) is 4.19. The van der Waals surface area contributed by atoms with Crippen molar-refractivity contribution in [3.8, 4) is 0 Å². The second-order valence-corrected chi connectivity index (χ2v) is 4.75. The van der Waals surface area contributed by atoms with Gasteiger partial charge < -0.3 is 0 Å². The molecule has 0 amide bonds. The molecule has 1 aliphatic carbocycles. The lowest BCUT2D eigenvalue weighted by atomic mass is 10.0. The smallest absolute Gasteiger partial charge is 0.0525 e. The Kier molecular flexibility index (Phi) is 3.48. The molecular formula is C14H17Cl. The summed E-state index contributed by atoms with van der Waals surface area (Å²) in [7, 11) is 0. The number of halogens is 1. The number of allylic oxidation sites excluding steroid dienone is 2. The van der Waals surface area contributed by atoms with Gasteiger partial charge >= 0.3 is 0 Å². The number of benzene rings is 1. The molecule has 2 rings (SSSR count). The van der Waals surface area contributed by atoms with E-state index < -0.39 is 0 Å². The van der Waals surface area contributed by atoms with Crippen molar-refractivity contribution in [1.29, 1.82) is 0 Å². The standard InChI is InChI=1S/C14H17Cl/c1-2-3-11-4-6-12(7-5-11)13-8-9-14(15)10-13/h4-7,10,14H,2-3,8-9H2,1H3. The van der Waals surface area contributed by atoms with E-state index in [0.717, 1.165) is 12.8 Å². The summed E-state index contributed by atoms with van der Waals surface area (Å²) in [6.45, 7) is 2.21. The summed E-state index contributed by atoms with van der Waals surface area (Å²) < 4.78 is 0. The molecule has 0 saturated heterocycles. The van der Waals surface area contributed by atoms with Gasteiger partial charge in [0.05, 0.1) is 5.38 Å². The van der Waals surface area contributed by atoms with Crippen LogP contribution in [0.3, 0.4) is 0 Å². The average Bonchev–Trinajstić information content (AvgIpc) is 2.67. The quantitative estimate of drug-likeness (QED) is 0.662. The molecular weight excluding hydrogens is 204 g/mol. The molecule has 0 radical (unpaired) electrons. The Morgan fingerprint density at radius 1 is 1.27 bits per heavy atom. The Balaban J connectivity index is 2.13. The molecule has 0 aliphatic heterocycles. The van der Waals surface area contributed by atoms with E-state index >= 15 is 0 Å². The predicted molar refractivity (Wildman–Crippen MR) is 67.3 cm³/mol. The normalized spacial score (nSPS) is 20.4. The van der Waals surface area contributed by atoms with E-state index in [4.69, 9.17) is 11.6 Å². The lowest BCUT2D eigenvalue weighted by Gasteiger charge is -2.03. The number of alkyl halides is 1. The Labute approximate surface area is 97.0 Å². The molecule has 0 bridgehead atoms. The van der Waals surface area contributed by atoms with Crippen molar-refractivity contribution < 1.29 is 0 Å². The summed E-state index contributed by atoms with van der Waals surface area (Å²) in [5.74, 6) is 0. The van der Waals surface area contributed by atoms with Crippen LogP contribution in [0.15, 0.2) is 30.3 Å². The molecule has 15 heavy (non-hydrogen) atoms. The average molecular weight is 221 g/mol. The molecule has 1 aliphatic rings. The molecule has 0 saturated carbocycles. The van der Waals surface area contributed by atoms with Crippen molar-refractivity contribution in [3.05, 3.63) is 41.5 Å². The highest BCUT2D eigenvalue weighted by Gasteiger charge is 2.13. The Morgan fingerprint density at radius 2 is 2.00 bits per heavy atom. The minimum Gasteiger partial charge on any atom is -0.118 e. The maximum Gasteiger partial charge on any atom is 0.0525 e. The van der Waals surface area contributed by atoms with Crippen molar-refractivity contribution in [3.63, 3.8) is 0 Å². The van der Waals surface area contributed by atoms with Gasteiger partial charge in [-0.05, 0) is 36.0 Å². The first-order valence-electron chi connectivity index (χ1n) is 5.73. The SMILES string of the molecule is CCCc1ccc(C2=CC(Cl)CC2)cc1. The van der Waals surface area contributed by atoms with E-state index in [1.54, 1.807) is 0 Å². The first kappa shape index (κ1) is 10.8. The van der Waals surface area contributed by atoms with Crippen LogP contribution in [0, 0.1) is 0 Å². The summed E-state index contributed by atoms with van der Waals surface area (Å²) in [4.78, 5) is 0. The van der Waals surface area contributed by atoms with E-state index in [0.29, 0.717) is 0 Å². The van der Waals surface area contributed by atoms with E-state index in [9.17, 15) is 0 Å². The maximum absolute atomic E-state index is 6.06. The van der Waals surface area contributed by atoms with E-state index in [1.165, 1.54) is 29.5 Å². The van der Waals surface area contributed by atoms with Gasteiger partial charge in [-0.1, -0.05) is 43.7 Å². The molecule has 0 spiro atoms. The van der Waals surface area contributed by atoms with E-state index in [2.05, 4.69) is 37.3 Å². The van der Waals surface area contributed by atoms with Crippen LogP contribution in [0.1, 0.15) is 37.3 Å². The monoisotopic (exact) mass is 220 g/mol. The van der Waals surface area contributed by atoms with Gasteiger partial charge in [0.1, 0.15) is 0 Å². The van der Waals surface area contributed by atoms with Gasteiger partial charge in [0, 0.05) is 0 Å². The highest BCUT2D eigenvalue weighted by atomic mass is 35.5. The van der Waals surface area contributed by atoms with Gasteiger partial charge in [-0.25, -0.2) is 0 Å². The molecule has 1 heteroatoms. The zero-order valence-electron chi connectivity index (χ0n) is 9.17. The summed E-state index contributed by atoms with van der Waals surface area (Å²) in [6, 6.07) is 8.93. The van der Waals surface area contributed by atoms with Crippen LogP contribution in [0.4, 0.5) is 0 Å². The highest BCUT2D eigenvalue weighted by Crippen LogP contribution is 2.30. The molecule has 1 atom stereocenters. The highest BCUT2D eigenvalue weighted by molar-refractivity contribution is 6.22. The third-order valence-electron chi connectivity index (χ3n) is 2.93. The minimum absolute atomic E-state index is 0.246. The number of aryl methyl sites for hydroxylation is 1. The fraction of sp³-hybridized carbons (Fsp3) is 0.429. The van der Waals surface area contributed by atoms with Gasteiger partial charge in [0.2, 0.25) is 0 Å². The van der Waals surface area contributed by atoms with Crippen LogP contribution >= 0.6 is 11.6 Å². The lowest BCUT2D eigenvalue weighted by molar-refractivity contribution is 0.921. The van der Waals surface area contributed by atoms with Crippen molar-refractivity contribution in [2.24, 2.45) is 0 Å². The fourth-order valence-corrected chi connectivity index (χ4v) is 2.35. The van der Waals surface area contributed by atoms with Crippen LogP contribution in [-0.2, 0) is 6.42 Å².